The summed E-state index contributed by atoms with van der Waals surface area (Å²) in [6.07, 6.45) is 6.18. The number of aromatic nitrogens is 1. The number of fused-ring (bicyclic) bond motifs is 1. The molecule has 0 spiro atoms. The van der Waals surface area contributed by atoms with E-state index in [1.165, 1.54) is 28.7 Å². The maximum atomic E-state index is 12.8. The second-order valence-corrected chi connectivity index (χ2v) is 8.02. The van der Waals surface area contributed by atoms with Gasteiger partial charge < -0.3 is 4.90 Å². The van der Waals surface area contributed by atoms with E-state index in [1.54, 1.807) is 0 Å². The van der Waals surface area contributed by atoms with Crippen molar-refractivity contribution in [3.8, 4) is 11.1 Å². The van der Waals surface area contributed by atoms with Crippen LogP contribution in [0.3, 0.4) is 0 Å². The molecule has 0 N–H and O–H groups in total. The molecule has 28 heavy (non-hydrogen) atoms. The number of piperidine rings is 1. The van der Waals surface area contributed by atoms with E-state index in [1.807, 2.05) is 11.1 Å². The second kappa shape index (κ2) is 8.14. The third-order valence-corrected chi connectivity index (χ3v) is 5.87. The molecule has 4 rings (SSSR count). The fraction of sp³-hybridized carbons (Fsp3) is 0.360. The Bertz CT molecular complexity index is 989. The topological polar surface area (TPSA) is 33.2 Å². The summed E-state index contributed by atoms with van der Waals surface area (Å²) in [5, 5.41) is 1.16. The minimum atomic E-state index is 0.00935. The Labute approximate surface area is 167 Å². The normalized spacial score (nSPS) is 15.6. The Kier molecular flexibility index (Phi) is 5.43. The van der Waals surface area contributed by atoms with E-state index < -0.39 is 0 Å². The first-order chi connectivity index (χ1) is 13.6. The highest BCUT2D eigenvalue weighted by Gasteiger charge is 2.22. The Morgan fingerprint density at radius 1 is 1.04 bits per heavy atom. The summed E-state index contributed by atoms with van der Waals surface area (Å²) in [4.78, 5) is 19.4. The number of aryl methyl sites for hydroxylation is 1. The predicted octanol–water partition coefficient (Wildman–Crippen LogP) is 5.40. The largest absolute Gasteiger partial charge is 0.342 e. The van der Waals surface area contributed by atoms with E-state index in [4.69, 9.17) is 0 Å². The highest BCUT2D eigenvalue weighted by Crippen LogP contribution is 2.30. The number of benzene rings is 2. The van der Waals surface area contributed by atoms with Crippen molar-refractivity contribution < 1.29 is 4.79 Å². The van der Waals surface area contributed by atoms with Gasteiger partial charge in [0, 0.05) is 30.6 Å². The van der Waals surface area contributed by atoms with Gasteiger partial charge in [0.05, 0.1) is 5.52 Å². The summed E-state index contributed by atoms with van der Waals surface area (Å²) >= 11 is 0. The van der Waals surface area contributed by atoms with Crippen LogP contribution in [0.2, 0.25) is 0 Å². The molecule has 1 aliphatic heterocycles. The van der Waals surface area contributed by atoms with Crippen LogP contribution in [0.15, 0.2) is 54.7 Å². The lowest BCUT2D eigenvalue weighted by molar-refractivity contribution is -0.135. The second-order valence-electron chi connectivity index (χ2n) is 8.02. The number of carbonyl (C=O) groups is 1. The number of carbonyl (C=O) groups excluding carboxylic acids is 1. The van der Waals surface area contributed by atoms with Gasteiger partial charge in [-0.2, -0.15) is 0 Å². The molecule has 0 aliphatic carbocycles. The minimum absolute atomic E-state index is 0.00935. The summed E-state index contributed by atoms with van der Waals surface area (Å²) < 4.78 is 0. The fourth-order valence-electron chi connectivity index (χ4n) is 4.30. The fourth-order valence-corrected chi connectivity index (χ4v) is 4.30. The third-order valence-electron chi connectivity index (χ3n) is 5.87. The zero-order chi connectivity index (χ0) is 19.5. The molecule has 1 amide bonds. The van der Waals surface area contributed by atoms with Crippen molar-refractivity contribution in [2.24, 2.45) is 5.92 Å². The number of amides is 1. The summed E-state index contributed by atoms with van der Waals surface area (Å²) in [5.74, 6) is 0.302. The maximum absolute atomic E-state index is 12.8. The van der Waals surface area contributed by atoms with Crippen LogP contribution in [-0.2, 0) is 11.2 Å². The molecule has 2 aromatic carbocycles. The molecule has 2 heterocycles. The number of likely N-dealkylation sites (tertiary alicyclic amines) is 1. The first-order valence-electron chi connectivity index (χ1n) is 10.4. The van der Waals surface area contributed by atoms with E-state index in [9.17, 15) is 4.79 Å². The first-order valence-corrected chi connectivity index (χ1v) is 10.4. The molecule has 1 saturated heterocycles. The molecule has 1 aliphatic rings. The number of nitrogens with zero attached hydrogens (tertiary/aromatic N) is 2. The monoisotopic (exact) mass is 372 g/mol. The van der Waals surface area contributed by atoms with Crippen LogP contribution in [0.5, 0.6) is 0 Å². The van der Waals surface area contributed by atoms with Crippen molar-refractivity contribution in [2.75, 3.05) is 13.1 Å². The van der Waals surface area contributed by atoms with Crippen molar-refractivity contribution in [2.45, 2.75) is 39.5 Å². The standard InChI is InChI=1S/C25H28N2O/c1-18-8-4-5-9-21(18)22-12-13-26-24-17-20(10-11-23(22)24)16-19(2)25(28)27-14-6-3-7-15-27/h4-5,8-13,17,19H,3,6-7,14-16H2,1-2H3. The van der Waals surface area contributed by atoms with E-state index in [-0.39, 0.29) is 5.92 Å². The van der Waals surface area contributed by atoms with Gasteiger partial charge in [0.1, 0.15) is 0 Å². The van der Waals surface area contributed by atoms with E-state index in [0.29, 0.717) is 5.91 Å². The summed E-state index contributed by atoms with van der Waals surface area (Å²) in [6.45, 7) is 6.03. The van der Waals surface area contributed by atoms with Crippen LogP contribution in [-0.4, -0.2) is 28.9 Å². The van der Waals surface area contributed by atoms with Gasteiger partial charge in [0.15, 0.2) is 0 Å². The van der Waals surface area contributed by atoms with Gasteiger partial charge in [0.25, 0.3) is 0 Å². The smallest absolute Gasteiger partial charge is 0.225 e. The van der Waals surface area contributed by atoms with Crippen molar-refractivity contribution in [3.05, 3.63) is 65.9 Å². The first kappa shape index (κ1) is 18.7. The Morgan fingerprint density at radius 2 is 1.82 bits per heavy atom. The van der Waals surface area contributed by atoms with Gasteiger partial charge >= 0.3 is 0 Å². The van der Waals surface area contributed by atoms with Crippen LogP contribution in [0, 0.1) is 12.8 Å². The Morgan fingerprint density at radius 3 is 2.61 bits per heavy atom. The molecule has 3 aromatic rings. The molecule has 0 saturated carbocycles. The summed E-state index contributed by atoms with van der Waals surface area (Å²) in [5.41, 5.74) is 5.90. The lowest BCUT2D eigenvalue weighted by Gasteiger charge is -2.29. The lowest BCUT2D eigenvalue weighted by atomic mass is 9.94. The van der Waals surface area contributed by atoms with Gasteiger partial charge in [-0.1, -0.05) is 43.3 Å². The van der Waals surface area contributed by atoms with E-state index in [0.717, 1.165) is 43.3 Å². The maximum Gasteiger partial charge on any atom is 0.225 e. The quantitative estimate of drug-likeness (QED) is 0.614. The molecule has 3 nitrogen and oxygen atoms in total. The zero-order valence-electron chi connectivity index (χ0n) is 16.8. The van der Waals surface area contributed by atoms with Gasteiger partial charge in [-0.15, -0.1) is 0 Å². The number of hydrogen-bond acceptors (Lipinski definition) is 2. The zero-order valence-corrected chi connectivity index (χ0v) is 16.8. The molecule has 1 atom stereocenters. The van der Waals surface area contributed by atoms with Crippen molar-refractivity contribution in [1.82, 2.24) is 9.88 Å². The van der Waals surface area contributed by atoms with Crippen LogP contribution >= 0.6 is 0 Å². The molecular weight excluding hydrogens is 344 g/mol. The molecule has 3 heteroatoms. The van der Waals surface area contributed by atoms with E-state index in [2.05, 4.69) is 67.4 Å². The van der Waals surface area contributed by atoms with Crippen LogP contribution in [0.25, 0.3) is 22.0 Å². The highest BCUT2D eigenvalue weighted by atomic mass is 16.2. The van der Waals surface area contributed by atoms with Gasteiger partial charge in [-0.3, -0.25) is 9.78 Å². The third kappa shape index (κ3) is 3.80. The number of rotatable bonds is 4. The highest BCUT2D eigenvalue weighted by molar-refractivity contribution is 5.95. The van der Waals surface area contributed by atoms with Gasteiger partial charge in [0.2, 0.25) is 5.91 Å². The summed E-state index contributed by atoms with van der Waals surface area (Å²) in [6, 6.07) is 17.0. The molecule has 0 bridgehead atoms. The average molecular weight is 373 g/mol. The molecule has 144 valence electrons. The Balaban J connectivity index is 1.58. The van der Waals surface area contributed by atoms with Crippen LogP contribution in [0.4, 0.5) is 0 Å². The van der Waals surface area contributed by atoms with Gasteiger partial charge in [-0.05, 0) is 67.0 Å². The SMILES string of the molecule is Cc1ccccc1-c1ccnc2cc(CC(C)C(=O)N3CCCCC3)ccc12. The predicted molar refractivity (Wildman–Crippen MR) is 115 cm³/mol. The molecule has 1 unspecified atom stereocenters. The van der Waals surface area contributed by atoms with Crippen LogP contribution < -0.4 is 0 Å². The van der Waals surface area contributed by atoms with Gasteiger partial charge in [-0.25, -0.2) is 0 Å². The van der Waals surface area contributed by atoms with Crippen molar-refractivity contribution in [3.63, 3.8) is 0 Å². The number of pyridine rings is 1. The van der Waals surface area contributed by atoms with E-state index >= 15 is 0 Å². The lowest BCUT2D eigenvalue weighted by Crippen LogP contribution is -2.39. The van der Waals surface area contributed by atoms with Crippen LogP contribution in [0.1, 0.15) is 37.3 Å². The van der Waals surface area contributed by atoms with Crippen molar-refractivity contribution >= 4 is 16.8 Å². The average Bonchev–Trinajstić information content (AvgIpc) is 2.73. The van der Waals surface area contributed by atoms with Crippen molar-refractivity contribution in [1.29, 1.82) is 0 Å². The molecule has 1 aromatic heterocycles. The molecule has 1 fully saturated rings. The Hall–Kier alpha value is -2.68. The number of hydrogen-bond donors (Lipinski definition) is 0. The summed E-state index contributed by atoms with van der Waals surface area (Å²) in [7, 11) is 0. The minimum Gasteiger partial charge on any atom is -0.342 e. The molecular formula is C25H28N2O. The molecule has 0 radical (unpaired) electrons.